The van der Waals surface area contributed by atoms with Crippen LogP contribution in [0.3, 0.4) is 0 Å². The monoisotopic (exact) mass is 338 g/mol. The molecule has 4 nitrogen and oxygen atoms in total. The Hall–Kier alpha value is -1.13. The van der Waals surface area contributed by atoms with E-state index in [2.05, 4.69) is 13.8 Å². The van der Waals surface area contributed by atoms with Crippen molar-refractivity contribution in [2.75, 3.05) is 13.7 Å². The molecule has 6 heteroatoms. The van der Waals surface area contributed by atoms with E-state index in [9.17, 15) is 0 Å². The summed E-state index contributed by atoms with van der Waals surface area (Å²) in [6.45, 7) is 2.15. The minimum absolute atomic E-state index is 0.202. The van der Waals surface area contributed by atoms with Crippen molar-refractivity contribution in [3.63, 3.8) is 0 Å². The van der Waals surface area contributed by atoms with E-state index in [-0.39, 0.29) is 11.5 Å². The molecule has 1 aromatic carbocycles. The average molecular weight is 338 g/mol. The minimum Gasteiger partial charge on any atom is -0.497 e. The van der Waals surface area contributed by atoms with E-state index in [0.717, 1.165) is 16.8 Å². The summed E-state index contributed by atoms with van der Waals surface area (Å²) in [5, 5.41) is 0.885. The third-order valence-corrected chi connectivity index (χ3v) is 6.85. The summed E-state index contributed by atoms with van der Waals surface area (Å²) in [7, 11) is 1.64. The maximum Gasteiger partial charge on any atom is 0.220 e. The molecular weight excluding hydrogens is 319 g/mol. The van der Waals surface area contributed by atoms with Crippen LogP contribution < -0.4 is 10.0 Å². The molecule has 2 aromatic rings. The lowest BCUT2D eigenvalue weighted by Gasteiger charge is -2.42. The Kier molecular flexibility index (Phi) is 4.17. The van der Waals surface area contributed by atoms with Gasteiger partial charge in [0, 0.05) is 10.7 Å². The molecule has 0 spiro atoms. The Morgan fingerprint density at radius 2 is 1.95 bits per heavy atom. The second-order valence-electron chi connectivity index (χ2n) is 5.96. The van der Waals surface area contributed by atoms with Crippen molar-refractivity contribution in [3.05, 3.63) is 48.4 Å². The van der Waals surface area contributed by atoms with Crippen LogP contribution in [0.2, 0.25) is 0 Å². The van der Waals surface area contributed by atoms with Gasteiger partial charge in [-0.05, 0) is 48.2 Å². The average Bonchev–Trinajstić information content (AvgIpc) is 3.04. The Bertz CT molecular complexity index is 679. The fourth-order valence-corrected chi connectivity index (χ4v) is 5.21. The van der Waals surface area contributed by atoms with E-state index in [1.165, 1.54) is 0 Å². The summed E-state index contributed by atoms with van der Waals surface area (Å²) in [5.41, 5.74) is -0.202. The van der Waals surface area contributed by atoms with Crippen molar-refractivity contribution in [1.29, 1.82) is 0 Å². The Labute approximate surface area is 135 Å². The molecule has 2 atom stereocenters. The van der Waals surface area contributed by atoms with Gasteiger partial charge in [0.1, 0.15) is 17.6 Å². The van der Waals surface area contributed by atoms with E-state index in [1.54, 1.807) is 13.4 Å². The molecule has 1 aliphatic heterocycles. The first-order chi connectivity index (χ1) is 10.4. The molecule has 0 N–H and O–H groups in total. The van der Waals surface area contributed by atoms with Crippen LogP contribution in [0.1, 0.15) is 25.7 Å². The Balaban J connectivity index is 1.93. The molecule has 22 heavy (non-hydrogen) atoms. The first kappa shape index (κ1) is 15.8. The van der Waals surface area contributed by atoms with Gasteiger partial charge in [0.15, 0.2) is 0 Å². The number of ether oxygens (including phenoxy) is 1. The van der Waals surface area contributed by atoms with Crippen LogP contribution in [0.15, 0.2) is 47.1 Å². The fraction of sp³-hybridized carbons (Fsp3) is 0.375. The summed E-state index contributed by atoms with van der Waals surface area (Å²) in [4.78, 5) is 0. The second kappa shape index (κ2) is 5.82. The van der Waals surface area contributed by atoms with Crippen molar-refractivity contribution in [1.82, 2.24) is 0 Å². The third-order valence-electron chi connectivity index (χ3n) is 3.75. The predicted molar refractivity (Wildman–Crippen MR) is 89.2 cm³/mol. The molecule has 3 rings (SSSR count). The van der Waals surface area contributed by atoms with Gasteiger partial charge < -0.3 is 18.2 Å². The number of hydrogen-bond donors (Lipinski definition) is 0. The van der Waals surface area contributed by atoms with Gasteiger partial charge in [-0.3, -0.25) is 0 Å². The molecule has 1 aromatic heterocycles. The topological polar surface area (TPSA) is 40.8 Å². The highest BCUT2D eigenvalue weighted by Gasteiger charge is 2.44. The molecular formula is C16H19O4PS. The van der Waals surface area contributed by atoms with Crippen LogP contribution in [0.4, 0.5) is 0 Å². The van der Waals surface area contributed by atoms with Gasteiger partial charge in [-0.25, -0.2) is 0 Å². The molecule has 1 fully saturated rings. The lowest BCUT2D eigenvalue weighted by atomic mass is 9.86. The lowest BCUT2D eigenvalue weighted by Crippen LogP contribution is -2.35. The molecule has 0 saturated carbocycles. The minimum atomic E-state index is -2.56. The first-order valence-electron chi connectivity index (χ1n) is 7.06. The summed E-state index contributed by atoms with van der Waals surface area (Å²) in [6, 6.07) is 11.4. The highest BCUT2D eigenvalue weighted by atomic mass is 32.5. The zero-order chi connectivity index (χ0) is 15.8. The lowest BCUT2D eigenvalue weighted by molar-refractivity contribution is -0.0204. The zero-order valence-electron chi connectivity index (χ0n) is 12.8. The van der Waals surface area contributed by atoms with Crippen molar-refractivity contribution in [2.45, 2.75) is 20.0 Å². The van der Waals surface area contributed by atoms with Gasteiger partial charge in [0.25, 0.3) is 0 Å². The molecule has 0 radical (unpaired) electrons. The Morgan fingerprint density at radius 3 is 2.55 bits per heavy atom. The second-order valence-corrected chi connectivity index (χ2v) is 9.38. The van der Waals surface area contributed by atoms with Crippen molar-refractivity contribution in [2.24, 2.45) is 5.41 Å². The van der Waals surface area contributed by atoms with Gasteiger partial charge >= 0.3 is 0 Å². The van der Waals surface area contributed by atoms with Crippen LogP contribution in [-0.2, 0) is 20.9 Å². The summed E-state index contributed by atoms with van der Waals surface area (Å²) in [5.74, 6) is 1.57. The molecule has 2 unspecified atom stereocenters. The zero-order valence-corrected chi connectivity index (χ0v) is 14.5. The smallest absolute Gasteiger partial charge is 0.220 e. The first-order valence-corrected chi connectivity index (χ1v) is 9.69. The van der Waals surface area contributed by atoms with E-state index >= 15 is 0 Å². The largest absolute Gasteiger partial charge is 0.497 e. The standard InChI is InChI=1S/C16H19O4PS/c1-16(2)11-19-21(22,13-8-6-12(17-3)7-9-13)20-15(16)14-5-4-10-18-14/h4-10,15H,11H2,1-3H3. The van der Waals surface area contributed by atoms with Gasteiger partial charge in [0.05, 0.1) is 20.0 Å². The molecule has 0 aliphatic carbocycles. The Morgan fingerprint density at radius 1 is 1.23 bits per heavy atom. The number of furan rings is 1. The number of hydrogen-bond acceptors (Lipinski definition) is 5. The molecule has 1 aliphatic rings. The van der Waals surface area contributed by atoms with Crippen molar-refractivity contribution >= 4 is 23.6 Å². The van der Waals surface area contributed by atoms with Gasteiger partial charge in [-0.2, -0.15) is 0 Å². The van der Waals surface area contributed by atoms with Crippen LogP contribution in [0, 0.1) is 5.41 Å². The molecule has 0 amide bonds. The third kappa shape index (κ3) is 2.86. The van der Waals surface area contributed by atoms with E-state index in [1.807, 2.05) is 36.4 Å². The van der Waals surface area contributed by atoms with E-state index < -0.39 is 6.49 Å². The number of rotatable bonds is 3. The normalized spacial score (nSPS) is 27.5. The SMILES string of the molecule is COc1ccc(P2(=S)OCC(C)(C)C(c3ccco3)O2)cc1. The van der Waals surface area contributed by atoms with Gasteiger partial charge in [-0.1, -0.05) is 13.8 Å². The van der Waals surface area contributed by atoms with E-state index in [4.69, 9.17) is 30.0 Å². The highest BCUT2D eigenvalue weighted by Crippen LogP contribution is 2.60. The maximum absolute atomic E-state index is 6.26. The van der Waals surface area contributed by atoms with Crippen LogP contribution in [-0.4, -0.2) is 13.7 Å². The number of benzene rings is 1. The summed E-state index contributed by atoms with van der Waals surface area (Å²) < 4.78 is 23.0. The predicted octanol–water partition coefficient (Wildman–Crippen LogP) is 4.04. The van der Waals surface area contributed by atoms with Gasteiger partial charge in [0.2, 0.25) is 6.49 Å². The summed E-state index contributed by atoms with van der Waals surface area (Å²) in [6.07, 6.45) is 1.44. The highest BCUT2D eigenvalue weighted by molar-refractivity contribution is 8.13. The van der Waals surface area contributed by atoms with Crippen LogP contribution in [0.5, 0.6) is 5.75 Å². The maximum atomic E-state index is 6.26. The van der Waals surface area contributed by atoms with Crippen LogP contribution in [0.25, 0.3) is 0 Å². The van der Waals surface area contributed by atoms with Gasteiger partial charge in [-0.15, -0.1) is 0 Å². The van der Waals surface area contributed by atoms with E-state index in [0.29, 0.717) is 6.61 Å². The van der Waals surface area contributed by atoms with Crippen LogP contribution >= 0.6 is 6.49 Å². The molecule has 118 valence electrons. The quantitative estimate of drug-likeness (QED) is 0.790. The number of methoxy groups -OCH3 is 1. The molecule has 0 bridgehead atoms. The fourth-order valence-electron chi connectivity index (χ4n) is 2.42. The molecule has 1 saturated heterocycles. The van der Waals surface area contributed by atoms with Crippen molar-refractivity contribution < 1.29 is 18.2 Å². The van der Waals surface area contributed by atoms with Crippen molar-refractivity contribution in [3.8, 4) is 5.75 Å². The summed E-state index contributed by atoms with van der Waals surface area (Å²) >= 11 is 5.74. The molecule has 2 heterocycles.